The molecule has 0 bridgehead atoms. The normalized spacial score (nSPS) is 12.6. The molecule has 1 N–H and O–H groups in total. The van der Waals surface area contributed by atoms with Gasteiger partial charge in [0.15, 0.2) is 5.71 Å². The van der Waals surface area contributed by atoms with E-state index >= 15 is 0 Å². The summed E-state index contributed by atoms with van der Waals surface area (Å²) >= 11 is 0. The summed E-state index contributed by atoms with van der Waals surface area (Å²) in [6.45, 7) is 1.40. The average molecular weight is 394 g/mol. The van der Waals surface area contributed by atoms with Gasteiger partial charge in [0.25, 0.3) is 0 Å². The summed E-state index contributed by atoms with van der Waals surface area (Å²) in [5, 5.41) is 16.6. The number of benzene rings is 2. The van der Waals surface area contributed by atoms with Crippen LogP contribution >= 0.6 is 0 Å². The summed E-state index contributed by atoms with van der Waals surface area (Å²) in [5.41, 5.74) is 0.167. The molecule has 0 spiro atoms. The first-order valence-electron chi connectivity index (χ1n) is 8.01. The Labute approximate surface area is 158 Å². The number of oxime groups is 2. The highest BCUT2D eigenvalue weighted by atomic mass is 19.4. The molecule has 28 heavy (non-hydrogen) atoms. The number of halogens is 3. The van der Waals surface area contributed by atoms with Crippen molar-refractivity contribution in [2.45, 2.75) is 19.7 Å². The molecule has 0 aliphatic carbocycles. The van der Waals surface area contributed by atoms with Crippen LogP contribution in [0.4, 0.5) is 13.2 Å². The van der Waals surface area contributed by atoms with Crippen LogP contribution < -0.4 is 0 Å². The molecule has 0 unspecified atom stereocenters. The van der Waals surface area contributed by atoms with E-state index in [9.17, 15) is 23.1 Å². The van der Waals surface area contributed by atoms with E-state index in [-0.39, 0.29) is 29.2 Å². The monoisotopic (exact) mass is 394 g/mol. The van der Waals surface area contributed by atoms with Crippen LogP contribution in [0.3, 0.4) is 0 Å². The third-order valence-electron chi connectivity index (χ3n) is 3.69. The first-order chi connectivity index (χ1) is 13.2. The van der Waals surface area contributed by atoms with Crippen molar-refractivity contribution >= 4 is 17.4 Å². The molecule has 0 saturated heterocycles. The van der Waals surface area contributed by atoms with Gasteiger partial charge in [-0.2, -0.15) is 13.2 Å². The fourth-order valence-electron chi connectivity index (χ4n) is 2.34. The minimum absolute atomic E-state index is 0.109. The lowest BCUT2D eigenvalue weighted by Gasteiger charge is -2.10. The Hall–Kier alpha value is -3.36. The summed E-state index contributed by atoms with van der Waals surface area (Å²) in [6.07, 6.45) is -4.45. The molecule has 0 amide bonds. The molecule has 0 saturated carbocycles. The van der Waals surface area contributed by atoms with Crippen molar-refractivity contribution in [1.29, 1.82) is 0 Å². The standard InChI is InChI=1S/C19H17F3N2O4/c1-12(13-7-5-8-15(10-13)19(20,21)22)23-28-11-14-6-3-4-9-16(14)17(18(25)26)24-27-2/h3-10H,11H2,1-2H3,(H,25,26)/b23-12-,24-17-. The third kappa shape index (κ3) is 5.32. The Morgan fingerprint density at radius 1 is 1.11 bits per heavy atom. The third-order valence-corrected chi connectivity index (χ3v) is 3.69. The number of carboxylic acids is 1. The zero-order valence-electron chi connectivity index (χ0n) is 15.0. The van der Waals surface area contributed by atoms with E-state index < -0.39 is 17.7 Å². The van der Waals surface area contributed by atoms with Crippen molar-refractivity contribution in [3.63, 3.8) is 0 Å². The second-order valence-electron chi connectivity index (χ2n) is 5.61. The molecule has 0 heterocycles. The Morgan fingerprint density at radius 2 is 1.82 bits per heavy atom. The minimum atomic E-state index is -4.45. The molecule has 148 valence electrons. The summed E-state index contributed by atoms with van der Waals surface area (Å²) in [6, 6.07) is 11.2. The van der Waals surface area contributed by atoms with Crippen LogP contribution in [0.2, 0.25) is 0 Å². The Morgan fingerprint density at radius 3 is 2.46 bits per heavy atom. The van der Waals surface area contributed by atoms with Gasteiger partial charge in [-0.15, -0.1) is 0 Å². The van der Waals surface area contributed by atoms with E-state index in [1.807, 2.05) is 0 Å². The molecule has 0 aliphatic heterocycles. The first-order valence-corrected chi connectivity index (χ1v) is 8.01. The lowest BCUT2D eigenvalue weighted by atomic mass is 10.0. The van der Waals surface area contributed by atoms with Crippen LogP contribution in [0.15, 0.2) is 58.8 Å². The smallest absolute Gasteiger partial charge is 0.416 e. The number of rotatable bonds is 7. The van der Waals surface area contributed by atoms with Crippen LogP contribution in [-0.4, -0.2) is 29.6 Å². The molecular formula is C19H17F3N2O4. The summed E-state index contributed by atoms with van der Waals surface area (Å²) in [4.78, 5) is 21.1. The largest absolute Gasteiger partial charge is 0.476 e. The molecule has 9 heteroatoms. The van der Waals surface area contributed by atoms with Gasteiger partial charge in [0.05, 0.1) is 11.3 Å². The summed E-state index contributed by atoms with van der Waals surface area (Å²) < 4.78 is 38.4. The van der Waals surface area contributed by atoms with E-state index in [1.54, 1.807) is 18.2 Å². The Bertz CT molecular complexity index is 908. The number of aliphatic carboxylic acids is 1. The predicted molar refractivity (Wildman–Crippen MR) is 96.1 cm³/mol. The molecule has 0 atom stereocenters. The molecule has 0 fully saturated rings. The summed E-state index contributed by atoms with van der Waals surface area (Å²) in [7, 11) is 1.23. The molecule has 0 radical (unpaired) electrons. The molecule has 0 aromatic heterocycles. The second kappa shape index (κ2) is 9.03. The van der Waals surface area contributed by atoms with Crippen LogP contribution in [0.25, 0.3) is 0 Å². The van der Waals surface area contributed by atoms with Crippen molar-refractivity contribution in [2.75, 3.05) is 7.11 Å². The number of hydrogen-bond acceptors (Lipinski definition) is 5. The zero-order chi connectivity index (χ0) is 20.7. The lowest BCUT2D eigenvalue weighted by molar-refractivity contribution is -0.137. The fraction of sp³-hybridized carbons (Fsp3) is 0.211. The van der Waals surface area contributed by atoms with Crippen LogP contribution in [0, 0.1) is 0 Å². The van der Waals surface area contributed by atoms with Gasteiger partial charge in [-0.1, -0.05) is 46.7 Å². The number of hydrogen-bond donors (Lipinski definition) is 1. The molecule has 2 aromatic carbocycles. The van der Waals surface area contributed by atoms with Gasteiger partial charge in [-0.25, -0.2) is 4.79 Å². The van der Waals surface area contributed by atoms with Gasteiger partial charge in [0.1, 0.15) is 13.7 Å². The van der Waals surface area contributed by atoms with Crippen molar-refractivity contribution < 1.29 is 32.7 Å². The van der Waals surface area contributed by atoms with Crippen molar-refractivity contribution in [3.05, 3.63) is 70.8 Å². The number of carboxylic acid groups (broad SMARTS) is 1. The van der Waals surface area contributed by atoms with E-state index in [0.29, 0.717) is 5.56 Å². The highest BCUT2D eigenvalue weighted by Crippen LogP contribution is 2.29. The fourth-order valence-corrected chi connectivity index (χ4v) is 2.34. The van der Waals surface area contributed by atoms with Gasteiger partial charge >= 0.3 is 12.1 Å². The molecule has 2 rings (SSSR count). The van der Waals surface area contributed by atoms with Gasteiger partial charge in [0.2, 0.25) is 0 Å². The van der Waals surface area contributed by atoms with E-state index in [4.69, 9.17) is 4.84 Å². The van der Waals surface area contributed by atoms with Gasteiger partial charge in [0, 0.05) is 11.1 Å². The molecule has 2 aromatic rings. The second-order valence-corrected chi connectivity index (χ2v) is 5.61. The summed E-state index contributed by atoms with van der Waals surface area (Å²) in [5.74, 6) is -1.28. The maximum absolute atomic E-state index is 12.8. The van der Waals surface area contributed by atoms with Gasteiger partial charge < -0.3 is 14.8 Å². The van der Waals surface area contributed by atoms with E-state index in [0.717, 1.165) is 12.1 Å². The van der Waals surface area contributed by atoms with Crippen molar-refractivity contribution in [3.8, 4) is 0 Å². The Kier molecular flexibility index (Phi) is 6.75. The SMILES string of the molecule is CO/N=C(\C(=O)O)c1ccccc1CO/N=C(/C)c1cccc(C(F)(F)F)c1. The minimum Gasteiger partial charge on any atom is -0.476 e. The maximum atomic E-state index is 12.8. The van der Waals surface area contributed by atoms with E-state index in [2.05, 4.69) is 15.1 Å². The van der Waals surface area contributed by atoms with Gasteiger partial charge in [-0.05, 0) is 24.6 Å². The van der Waals surface area contributed by atoms with Crippen LogP contribution in [-0.2, 0) is 27.3 Å². The molecular weight excluding hydrogens is 377 g/mol. The number of nitrogens with zero attached hydrogens (tertiary/aromatic N) is 2. The maximum Gasteiger partial charge on any atom is 0.416 e. The Balaban J connectivity index is 2.19. The number of alkyl halides is 3. The zero-order valence-corrected chi connectivity index (χ0v) is 15.0. The first kappa shape index (κ1) is 20.9. The highest BCUT2D eigenvalue weighted by molar-refractivity contribution is 6.42. The van der Waals surface area contributed by atoms with Crippen molar-refractivity contribution in [2.24, 2.45) is 10.3 Å². The number of carbonyl (C=O) groups is 1. The topological polar surface area (TPSA) is 80.5 Å². The van der Waals surface area contributed by atoms with Crippen LogP contribution in [0.5, 0.6) is 0 Å². The average Bonchev–Trinajstić information content (AvgIpc) is 2.66. The van der Waals surface area contributed by atoms with Gasteiger partial charge in [-0.3, -0.25) is 0 Å². The van der Waals surface area contributed by atoms with Crippen LogP contribution in [0.1, 0.15) is 29.2 Å². The highest BCUT2D eigenvalue weighted by Gasteiger charge is 2.30. The molecule has 6 nitrogen and oxygen atoms in total. The predicted octanol–water partition coefficient (Wildman–Crippen LogP) is 4.08. The quantitative estimate of drug-likeness (QED) is 0.567. The molecule has 0 aliphatic rings. The lowest BCUT2D eigenvalue weighted by Crippen LogP contribution is -2.17. The van der Waals surface area contributed by atoms with E-state index in [1.165, 1.54) is 32.2 Å². The van der Waals surface area contributed by atoms with Crippen molar-refractivity contribution in [1.82, 2.24) is 0 Å².